The van der Waals surface area contributed by atoms with Crippen LogP contribution in [0.15, 0.2) is 0 Å². The Balaban J connectivity index is -0.000000128. The second-order valence-electron chi connectivity index (χ2n) is 5.48. The number of carboxylic acid groups (broad SMARTS) is 2. The molecular weight excluding hydrogens is 366 g/mol. The number of rotatable bonds is 4. The second kappa shape index (κ2) is 21.5. The van der Waals surface area contributed by atoms with Gasteiger partial charge in [0.05, 0.1) is 0 Å². The van der Waals surface area contributed by atoms with Crippen molar-refractivity contribution >= 4 is 45.7 Å². The average Bonchev–Trinajstić information content (AvgIpc) is 3.27. The van der Waals surface area contributed by atoms with Crippen molar-refractivity contribution in [2.75, 3.05) is 11.5 Å². The molecule has 140 valence electrons. The van der Waals surface area contributed by atoms with E-state index >= 15 is 0 Å². The zero-order valence-corrected chi connectivity index (χ0v) is 18.3. The zero-order valence-electron chi connectivity index (χ0n) is 16.7. The van der Waals surface area contributed by atoms with Crippen LogP contribution in [0.5, 0.6) is 0 Å². The first-order valence-electron chi connectivity index (χ1n) is 7.66. The van der Waals surface area contributed by atoms with Crippen molar-refractivity contribution in [3.05, 3.63) is 0 Å². The fourth-order valence-corrected chi connectivity index (χ4v) is 2.65. The molecule has 26 heavy (non-hydrogen) atoms. The van der Waals surface area contributed by atoms with Gasteiger partial charge in [0.15, 0.2) is 10.2 Å². The van der Waals surface area contributed by atoms with Crippen molar-refractivity contribution in [2.24, 2.45) is 11.8 Å². The van der Waals surface area contributed by atoms with Gasteiger partial charge in [0, 0.05) is 37.3 Å². The van der Waals surface area contributed by atoms with E-state index in [4.69, 9.17) is 19.8 Å². The molecule has 6 nitrogen and oxygen atoms in total. The van der Waals surface area contributed by atoms with Gasteiger partial charge in [-0.15, -0.1) is 0 Å². The molecule has 0 spiro atoms. The second-order valence-corrected chi connectivity index (χ2v) is 7.87. The fourth-order valence-electron chi connectivity index (χ4n) is 1.04. The number of carbonyl (C=O) groups excluding carboxylic acids is 4. The average molecular weight is 392 g/mol. The Labute approximate surface area is 188 Å². The summed E-state index contributed by atoms with van der Waals surface area (Å²) in [5.74, 6) is 1.72. The normalized spacial score (nSPS) is 13.4. The molecule has 0 aliphatic heterocycles. The SMILES string of the molecule is CC(=O)SCC1CC1.CC(=O)SCC1CC1.CC(=O)[O-].CC(=O)[O-].[Li+].[Li+]. The third kappa shape index (κ3) is 49.6. The summed E-state index contributed by atoms with van der Waals surface area (Å²) in [6.45, 7) is 5.21. The summed E-state index contributed by atoms with van der Waals surface area (Å²) < 4.78 is 0. The first kappa shape index (κ1) is 33.7. The van der Waals surface area contributed by atoms with Crippen LogP contribution in [0.1, 0.15) is 53.4 Å². The van der Waals surface area contributed by atoms with Crippen LogP contribution in [-0.4, -0.2) is 33.7 Å². The van der Waals surface area contributed by atoms with Crippen LogP contribution >= 0.6 is 23.5 Å². The Bertz CT molecular complexity index is 368. The van der Waals surface area contributed by atoms with Gasteiger partial charge < -0.3 is 19.8 Å². The molecule has 0 aromatic rings. The number of carboxylic acids is 2. The van der Waals surface area contributed by atoms with Gasteiger partial charge >= 0.3 is 37.7 Å². The van der Waals surface area contributed by atoms with Crippen molar-refractivity contribution in [1.82, 2.24) is 0 Å². The van der Waals surface area contributed by atoms with E-state index in [0.29, 0.717) is 0 Å². The van der Waals surface area contributed by atoms with Crippen molar-refractivity contribution < 1.29 is 67.1 Å². The fraction of sp³-hybridized carbons (Fsp3) is 0.750. The predicted molar refractivity (Wildman–Crippen MR) is 93.1 cm³/mol. The number of hydrogen-bond acceptors (Lipinski definition) is 8. The van der Waals surface area contributed by atoms with Gasteiger partial charge in [-0.3, -0.25) is 9.59 Å². The molecule has 0 atom stereocenters. The van der Waals surface area contributed by atoms with E-state index < -0.39 is 11.9 Å². The van der Waals surface area contributed by atoms with Gasteiger partial charge in [0.25, 0.3) is 0 Å². The van der Waals surface area contributed by atoms with Gasteiger partial charge in [-0.2, -0.15) is 0 Å². The molecule has 2 saturated carbocycles. The molecule has 2 aliphatic rings. The van der Waals surface area contributed by atoms with Crippen LogP contribution in [0, 0.1) is 11.8 Å². The van der Waals surface area contributed by atoms with Crippen LogP contribution in [0.25, 0.3) is 0 Å². The Kier molecular flexibility index (Phi) is 27.9. The molecule has 2 fully saturated rings. The summed E-state index contributed by atoms with van der Waals surface area (Å²) in [5, 5.41) is 18.3. The molecule has 0 radical (unpaired) electrons. The van der Waals surface area contributed by atoms with E-state index in [9.17, 15) is 9.59 Å². The molecular formula is C16H26Li2O6S2. The molecule has 0 N–H and O–H groups in total. The smallest absolute Gasteiger partial charge is 0.550 e. The molecule has 0 saturated heterocycles. The van der Waals surface area contributed by atoms with Crippen molar-refractivity contribution in [2.45, 2.75) is 53.4 Å². The maximum atomic E-state index is 10.3. The monoisotopic (exact) mass is 392 g/mol. The van der Waals surface area contributed by atoms with Crippen LogP contribution in [-0.2, 0) is 19.2 Å². The minimum atomic E-state index is -1.08. The van der Waals surface area contributed by atoms with Crippen molar-refractivity contribution in [1.29, 1.82) is 0 Å². The molecule has 2 rings (SSSR count). The van der Waals surface area contributed by atoms with Gasteiger partial charge in [0.1, 0.15) is 0 Å². The topological polar surface area (TPSA) is 114 Å². The maximum absolute atomic E-state index is 10.3. The number of aliphatic carboxylic acids is 2. The van der Waals surface area contributed by atoms with Gasteiger partial charge in [-0.05, 0) is 51.4 Å². The summed E-state index contributed by atoms with van der Waals surface area (Å²) in [4.78, 5) is 38.5. The van der Waals surface area contributed by atoms with Crippen LogP contribution in [0.4, 0.5) is 0 Å². The first-order valence-corrected chi connectivity index (χ1v) is 9.63. The van der Waals surface area contributed by atoms with E-state index in [1.165, 1.54) is 49.2 Å². The Hall–Kier alpha value is 0.175. The molecule has 10 heteroatoms. The van der Waals surface area contributed by atoms with Crippen LogP contribution < -0.4 is 47.9 Å². The summed E-state index contributed by atoms with van der Waals surface area (Å²) in [6.07, 6.45) is 5.39. The minimum Gasteiger partial charge on any atom is -0.550 e. The zero-order chi connectivity index (χ0) is 19.1. The number of carbonyl (C=O) groups is 4. The molecule has 0 heterocycles. The Morgan fingerprint density at radius 2 is 0.885 bits per heavy atom. The van der Waals surface area contributed by atoms with Gasteiger partial charge in [-0.25, -0.2) is 0 Å². The molecule has 2 aliphatic carbocycles. The third-order valence-electron chi connectivity index (χ3n) is 2.44. The predicted octanol–water partition coefficient (Wildman–Crippen LogP) is -5.13. The van der Waals surface area contributed by atoms with E-state index in [1.807, 2.05) is 0 Å². The quantitative estimate of drug-likeness (QED) is 0.437. The first-order chi connectivity index (χ1) is 11.0. The molecule has 0 unspecified atom stereocenters. The van der Waals surface area contributed by atoms with Crippen LogP contribution in [0.2, 0.25) is 0 Å². The summed E-state index contributed by atoms with van der Waals surface area (Å²) in [5.41, 5.74) is 0. The molecule has 0 aromatic heterocycles. The number of hydrogen-bond donors (Lipinski definition) is 0. The standard InChI is InChI=1S/2C6H10OS.2C2H4O2.2Li/c2*1-5(7)8-4-6-2-3-6;2*1-2(3)4;;/h2*6H,2-4H2,1H3;2*1H3,(H,3,4);;/q;;;;2*+1/p-2. The minimum absolute atomic E-state index is 0. The Morgan fingerprint density at radius 3 is 1.00 bits per heavy atom. The summed E-state index contributed by atoms with van der Waals surface area (Å²) in [7, 11) is 0. The third-order valence-corrected chi connectivity index (χ3v) is 4.53. The van der Waals surface area contributed by atoms with Crippen molar-refractivity contribution in [3.63, 3.8) is 0 Å². The molecule has 0 bridgehead atoms. The number of thioether (sulfide) groups is 2. The van der Waals surface area contributed by atoms with Gasteiger partial charge in [-0.1, -0.05) is 23.5 Å². The van der Waals surface area contributed by atoms with E-state index in [2.05, 4.69) is 0 Å². The van der Waals surface area contributed by atoms with E-state index in [0.717, 1.165) is 37.2 Å². The van der Waals surface area contributed by atoms with Crippen molar-refractivity contribution in [3.8, 4) is 0 Å². The van der Waals surface area contributed by atoms with E-state index in [1.54, 1.807) is 13.8 Å². The summed E-state index contributed by atoms with van der Waals surface area (Å²) >= 11 is 2.93. The molecule has 0 aromatic carbocycles. The summed E-state index contributed by atoms with van der Waals surface area (Å²) in [6, 6.07) is 0. The van der Waals surface area contributed by atoms with Gasteiger partial charge in [0.2, 0.25) is 0 Å². The Morgan fingerprint density at radius 1 is 0.692 bits per heavy atom. The van der Waals surface area contributed by atoms with Crippen LogP contribution in [0.3, 0.4) is 0 Å². The molecule has 0 amide bonds. The largest absolute Gasteiger partial charge is 1.00 e. The van der Waals surface area contributed by atoms with E-state index in [-0.39, 0.29) is 48.0 Å². The maximum Gasteiger partial charge on any atom is 1.00 e.